The van der Waals surface area contributed by atoms with Gasteiger partial charge in [0.05, 0.1) is 0 Å². The van der Waals surface area contributed by atoms with E-state index in [1.165, 1.54) is 21.9 Å². The molecule has 0 unspecified atom stereocenters. The first-order valence-electron chi connectivity index (χ1n) is 6.58. The Balaban J connectivity index is 2.29. The van der Waals surface area contributed by atoms with Crippen LogP contribution in [0, 0.1) is 0 Å². The van der Waals surface area contributed by atoms with Crippen LogP contribution in [0.5, 0.6) is 0 Å². The molecule has 1 nitrogen and oxygen atoms in total. The molecular formula is C17H20O. The van der Waals surface area contributed by atoms with Crippen molar-refractivity contribution in [3.8, 4) is 0 Å². The number of aryl methyl sites for hydroxylation is 1. The molecule has 1 heteroatoms. The summed E-state index contributed by atoms with van der Waals surface area (Å²) >= 11 is 0. The Bertz CT molecular complexity index is 567. The summed E-state index contributed by atoms with van der Waals surface area (Å²) in [5.41, 5.74) is 2.62. The van der Waals surface area contributed by atoms with Crippen LogP contribution in [0.2, 0.25) is 0 Å². The maximum atomic E-state index is 11.0. The summed E-state index contributed by atoms with van der Waals surface area (Å²) in [6, 6.07) is 13.1. The Hall–Kier alpha value is -1.63. The van der Waals surface area contributed by atoms with Gasteiger partial charge in [0.2, 0.25) is 0 Å². The third-order valence-electron chi connectivity index (χ3n) is 3.36. The van der Waals surface area contributed by atoms with E-state index in [1.807, 2.05) is 0 Å². The van der Waals surface area contributed by atoms with E-state index in [2.05, 4.69) is 50.2 Å². The predicted molar refractivity (Wildman–Crippen MR) is 77.0 cm³/mol. The van der Waals surface area contributed by atoms with E-state index in [9.17, 15) is 4.79 Å². The predicted octanol–water partition coefficient (Wildman–Crippen LogP) is 4.48. The molecule has 0 bridgehead atoms. The van der Waals surface area contributed by atoms with Crippen molar-refractivity contribution in [2.75, 3.05) is 0 Å². The van der Waals surface area contributed by atoms with Crippen molar-refractivity contribution in [3.05, 3.63) is 47.5 Å². The fourth-order valence-electron chi connectivity index (χ4n) is 2.15. The number of carbonyl (C=O) groups excluding carboxylic acids is 1. The fourth-order valence-corrected chi connectivity index (χ4v) is 2.15. The second-order valence-corrected chi connectivity index (χ2v) is 5.30. The highest BCUT2D eigenvalue weighted by Gasteiger charge is 2.02. The summed E-state index contributed by atoms with van der Waals surface area (Å²) < 4.78 is 0. The monoisotopic (exact) mass is 240 g/mol. The first kappa shape index (κ1) is 12.8. The number of hydrogen-bond acceptors (Lipinski definition) is 1. The lowest BCUT2D eigenvalue weighted by atomic mass is 9.97. The molecule has 2 aromatic carbocycles. The molecular weight excluding hydrogens is 220 g/mol. The van der Waals surface area contributed by atoms with Crippen LogP contribution in [0.3, 0.4) is 0 Å². The largest absolute Gasteiger partial charge is 0.300 e. The Morgan fingerprint density at radius 2 is 1.72 bits per heavy atom. The third-order valence-corrected chi connectivity index (χ3v) is 3.36. The summed E-state index contributed by atoms with van der Waals surface area (Å²) in [7, 11) is 0. The van der Waals surface area contributed by atoms with Crippen LogP contribution in [-0.4, -0.2) is 5.78 Å². The lowest BCUT2D eigenvalue weighted by molar-refractivity contribution is -0.116. The average Bonchev–Trinajstić information content (AvgIpc) is 2.35. The van der Waals surface area contributed by atoms with E-state index >= 15 is 0 Å². The normalized spacial score (nSPS) is 11.1. The molecule has 2 rings (SSSR count). The minimum Gasteiger partial charge on any atom is -0.300 e. The molecule has 0 saturated heterocycles. The van der Waals surface area contributed by atoms with Gasteiger partial charge in [0, 0.05) is 6.42 Å². The zero-order valence-corrected chi connectivity index (χ0v) is 11.4. The van der Waals surface area contributed by atoms with E-state index in [0.717, 1.165) is 6.42 Å². The van der Waals surface area contributed by atoms with Crippen molar-refractivity contribution in [2.45, 2.75) is 39.5 Å². The van der Waals surface area contributed by atoms with E-state index in [-0.39, 0.29) is 5.78 Å². The number of fused-ring (bicyclic) bond motifs is 1. The van der Waals surface area contributed by atoms with Gasteiger partial charge < -0.3 is 4.79 Å². The third kappa shape index (κ3) is 2.98. The first-order chi connectivity index (χ1) is 8.56. The topological polar surface area (TPSA) is 17.1 Å². The number of hydrogen-bond donors (Lipinski definition) is 0. The fraction of sp³-hybridized carbons (Fsp3) is 0.353. The Labute approximate surface area is 109 Å². The summed E-state index contributed by atoms with van der Waals surface area (Å²) in [5, 5.41) is 2.55. The van der Waals surface area contributed by atoms with Crippen LogP contribution in [0.4, 0.5) is 0 Å². The Morgan fingerprint density at radius 3 is 2.39 bits per heavy atom. The zero-order chi connectivity index (χ0) is 13.1. The molecule has 0 aliphatic carbocycles. The first-order valence-corrected chi connectivity index (χ1v) is 6.58. The molecule has 0 spiro atoms. The van der Waals surface area contributed by atoms with Gasteiger partial charge >= 0.3 is 0 Å². The van der Waals surface area contributed by atoms with Crippen LogP contribution in [-0.2, 0) is 11.2 Å². The van der Waals surface area contributed by atoms with Gasteiger partial charge in [-0.25, -0.2) is 0 Å². The maximum absolute atomic E-state index is 11.0. The van der Waals surface area contributed by atoms with Crippen molar-refractivity contribution in [2.24, 2.45) is 0 Å². The minimum atomic E-state index is 0.255. The van der Waals surface area contributed by atoms with Gasteiger partial charge in [-0.2, -0.15) is 0 Å². The molecule has 0 aliphatic rings. The van der Waals surface area contributed by atoms with Crippen molar-refractivity contribution >= 4 is 16.6 Å². The van der Waals surface area contributed by atoms with Gasteiger partial charge in [-0.05, 0) is 41.2 Å². The molecule has 0 saturated carbocycles. The molecule has 2 aromatic rings. The standard InChI is InChI=1S/C17H20O/c1-12(2)15-8-9-16-10-14(5-4-13(3)18)6-7-17(16)11-15/h6-12H,4-5H2,1-3H3. The van der Waals surface area contributed by atoms with Gasteiger partial charge in [0.1, 0.15) is 5.78 Å². The van der Waals surface area contributed by atoms with Gasteiger partial charge in [0.25, 0.3) is 0 Å². The van der Waals surface area contributed by atoms with Crippen molar-refractivity contribution in [1.82, 2.24) is 0 Å². The quantitative estimate of drug-likeness (QED) is 0.769. The highest BCUT2D eigenvalue weighted by atomic mass is 16.1. The summed E-state index contributed by atoms with van der Waals surface area (Å²) in [5.74, 6) is 0.817. The molecule has 0 fully saturated rings. The van der Waals surface area contributed by atoms with Crippen LogP contribution < -0.4 is 0 Å². The number of rotatable bonds is 4. The van der Waals surface area contributed by atoms with Crippen molar-refractivity contribution < 1.29 is 4.79 Å². The number of benzene rings is 2. The Kier molecular flexibility index (Phi) is 3.81. The second-order valence-electron chi connectivity index (χ2n) is 5.30. The van der Waals surface area contributed by atoms with Crippen LogP contribution >= 0.6 is 0 Å². The maximum Gasteiger partial charge on any atom is 0.130 e. The van der Waals surface area contributed by atoms with E-state index < -0.39 is 0 Å². The number of carbonyl (C=O) groups is 1. The van der Waals surface area contributed by atoms with Crippen molar-refractivity contribution in [1.29, 1.82) is 0 Å². The highest BCUT2D eigenvalue weighted by Crippen LogP contribution is 2.22. The van der Waals surface area contributed by atoms with Gasteiger partial charge in [-0.1, -0.05) is 50.2 Å². The molecule has 18 heavy (non-hydrogen) atoms. The van der Waals surface area contributed by atoms with E-state index in [0.29, 0.717) is 12.3 Å². The number of ketones is 1. The Morgan fingerprint density at radius 1 is 1.06 bits per heavy atom. The van der Waals surface area contributed by atoms with Crippen LogP contribution in [0.25, 0.3) is 10.8 Å². The minimum absolute atomic E-state index is 0.255. The summed E-state index contributed by atoms with van der Waals surface area (Å²) in [6.45, 7) is 6.07. The van der Waals surface area contributed by atoms with Crippen LogP contribution in [0.15, 0.2) is 36.4 Å². The second kappa shape index (κ2) is 5.34. The number of Topliss-reactive ketones (excluding diaryl/α,β-unsaturated/α-hetero) is 1. The van der Waals surface area contributed by atoms with Gasteiger partial charge in [-0.3, -0.25) is 0 Å². The molecule has 0 atom stereocenters. The van der Waals surface area contributed by atoms with Gasteiger partial charge in [0.15, 0.2) is 0 Å². The lowest BCUT2D eigenvalue weighted by Crippen LogP contribution is -1.94. The molecule has 0 radical (unpaired) electrons. The van der Waals surface area contributed by atoms with E-state index in [4.69, 9.17) is 0 Å². The molecule has 0 aromatic heterocycles. The van der Waals surface area contributed by atoms with Crippen molar-refractivity contribution in [3.63, 3.8) is 0 Å². The zero-order valence-electron chi connectivity index (χ0n) is 11.4. The van der Waals surface area contributed by atoms with Crippen LogP contribution in [0.1, 0.15) is 44.2 Å². The smallest absolute Gasteiger partial charge is 0.130 e. The summed E-state index contributed by atoms with van der Waals surface area (Å²) in [6.07, 6.45) is 1.48. The molecule has 0 N–H and O–H groups in total. The molecule has 0 amide bonds. The lowest BCUT2D eigenvalue weighted by Gasteiger charge is -2.08. The molecule has 94 valence electrons. The highest BCUT2D eigenvalue weighted by molar-refractivity contribution is 5.84. The molecule has 0 aliphatic heterocycles. The van der Waals surface area contributed by atoms with Gasteiger partial charge in [-0.15, -0.1) is 0 Å². The van der Waals surface area contributed by atoms with E-state index in [1.54, 1.807) is 6.92 Å². The average molecular weight is 240 g/mol. The SMILES string of the molecule is CC(=O)CCc1ccc2cc(C(C)C)ccc2c1. The molecule has 0 heterocycles. The summed E-state index contributed by atoms with van der Waals surface area (Å²) in [4.78, 5) is 11.0.